The second-order valence-electron chi connectivity index (χ2n) is 3.29. The summed E-state index contributed by atoms with van der Waals surface area (Å²) in [6, 6.07) is 1.71. The van der Waals surface area contributed by atoms with Gasteiger partial charge in [0.2, 0.25) is 0 Å². The SMILES string of the molecule is O=C(NNCC(F)(F)F)Nc1c(Cl)cc(Cl)cc1Cl. The molecule has 0 radical (unpaired) electrons. The second-order valence-corrected chi connectivity index (χ2v) is 4.54. The van der Waals surface area contributed by atoms with Crippen molar-refractivity contribution >= 4 is 46.5 Å². The van der Waals surface area contributed by atoms with E-state index in [1.807, 2.05) is 0 Å². The van der Waals surface area contributed by atoms with Crippen molar-refractivity contribution in [1.29, 1.82) is 0 Å². The van der Waals surface area contributed by atoms with E-state index in [-0.39, 0.29) is 20.8 Å². The lowest BCUT2D eigenvalue weighted by atomic mass is 10.3. The Bertz CT molecular complexity index is 459. The fourth-order valence-electron chi connectivity index (χ4n) is 1.03. The van der Waals surface area contributed by atoms with Gasteiger partial charge in [-0.15, -0.1) is 0 Å². The Morgan fingerprint density at radius 3 is 2.16 bits per heavy atom. The minimum atomic E-state index is -4.44. The molecule has 2 amide bonds. The van der Waals surface area contributed by atoms with Gasteiger partial charge >= 0.3 is 12.2 Å². The maximum atomic E-state index is 11.8. The molecule has 0 aliphatic heterocycles. The highest BCUT2D eigenvalue weighted by molar-refractivity contribution is 6.42. The molecule has 0 atom stereocenters. The molecule has 4 nitrogen and oxygen atoms in total. The number of amides is 2. The Morgan fingerprint density at radius 1 is 1.16 bits per heavy atom. The molecule has 106 valence electrons. The molecule has 0 spiro atoms. The lowest BCUT2D eigenvalue weighted by Crippen LogP contribution is -2.44. The van der Waals surface area contributed by atoms with Crippen LogP contribution in [0.3, 0.4) is 0 Å². The van der Waals surface area contributed by atoms with Gasteiger partial charge in [0.25, 0.3) is 0 Å². The molecule has 3 N–H and O–H groups in total. The summed E-state index contributed by atoms with van der Waals surface area (Å²) in [4.78, 5) is 11.3. The first kappa shape index (κ1) is 16.2. The minimum Gasteiger partial charge on any atom is -0.304 e. The molecule has 19 heavy (non-hydrogen) atoms. The van der Waals surface area contributed by atoms with Gasteiger partial charge in [0, 0.05) is 5.02 Å². The van der Waals surface area contributed by atoms with E-state index < -0.39 is 18.8 Å². The lowest BCUT2D eigenvalue weighted by Gasteiger charge is -2.12. The zero-order valence-corrected chi connectivity index (χ0v) is 11.3. The number of anilines is 1. The molecule has 0 bridgehead atoms. The van der Waals surface area contributed by atoms with Crippen LogP contribution in [0.4, 0.5) is 23.7 Å². The maximum Gasteiger partial charge on any atom is 0.402 e. The number of hydrazine groups is 1. The average Bonchev–Trinajstić information content (AvgIpc) is 2.21. The van der Waals surface area contributed by atoms with Crippen LogP contribution >= 0.6 is 34.8 Å². The number of carbonyl (C=O) groups is 1. The maximum absolute atomic E-state index is 11.8. The van der Waals surface area contributed by atoms with Crippen LogP contribution in [0.25, 0.3) is 0 Å². The molecule has 1 aromatic carbocycles. The van der Waals surface area contributed by atoms with Gasteiger partial charge in [-0.1, -0.05) is 34.8 Å². The van der Waals surface area contributed by atoms with Crippen molar-refractivity contribution < 1.29 is 18.0 Å². The molecule has 1 aromatic rings. The zero-order chi connectivity index (χ0) is 14.6. The molecule has 0 aliphatic rings. The van der Waals surface area contributed by atoms with Gasteiger partial charge in [-0.25, -0.2) is 10.2 Å². The van der Waals surface area contributed by atoms with Gasteiger partial charge in [0.15, 0.2) is 0 Å². The summed E-state index contributed by atoms with van der Waals surface area (Å²) in [5.41, 5.74) is 3.52. The monoisotopic (exact) mass is 335 g/mol. The number of nitrogens with one attached hydrogen (secondary N) is 3. The first-order valence-electron chi connectivity index (χ1n) is 4.70. The molecule has 0 saturated heterocycles. The molecule has 0 aromatic heterocycles. The zero-order valence-electron chi connectivity index (χ0n) is 9.04. The number of halogens is 6. The standard InChI is InChI=1S/C9H7Cl3F3N3O/c10-4-1-5(11)7(6(12)2-4)17-8(19)18-16-3-9(13,14)15/h1-2,16H,3H2,(H2,17,18,19). The fourth-order valence-corrected chi connectivity index (χ4v) is 1.94. The third-order valence-electron chi connectivity index (χ3n) is 1.74. The number of urea groups is 1. The molecular formula is C9H7Cl3F3N3O. The molecule has 1 rings (SSSR count). The number of carbonyl (C=O) groups excluding carboxylic acids is 1. The van der Waals surface area contributed by atoms with E-state index >= 15 is 0 Å². The van der Waals surface area contributed by atoms with E-state index in [1.165, 1.54) is 12.1 Å². The molecule has 0 heterocycles. The van der Waals surface area contributed by atoms with E-state index in [0.717, 1.165) is 0 Å². The van der Waals surface area contributed by atoms with E-state index in [9.17, 15) is 18.0 Å². The van der Waals surface area contributed by atoms with Gasteiger partial charge in [-0.2, -0.15) is 13.2 Å². The van der Waals surface area contributed by atoms with Crippen molar-refractivity contribution in [3.8, 4) is 0 Å². The van der Waals surface area contributed by atoms with Crippen molar-refractivity contribution in [3.05, 3.63) is 27.2 Å². The first-order chi connectivity index (χ1) is 8.69. The molecule has 0 unspecified atom stereocenters. The van der Waals surface area contributed by atoms with Crippen LogP contribution in [0.2, 0.25) is 15.1 Å². The highest BCUT2D eigenvalue weighted by Crippen LogP contribution is 2.33. The topological polar surface area (TPSA) is 53.2 Å². The fraction of sp³-hybridized carbons (Fsp3) is 0.222. The lowest BCUT2D eigenvalue weighted by molar-refractivity contribution is -0.125. The molecule has 10 heteroatoms. The predicted molar refractivity (Wildman–Crippen MR) is 67.7 cm³/mol. The summed E-state index contributed by atoms with van der Waals surface area (Å²) < 4.78 is 35.4. The minimum absolute atomic E-state index is 0.0408. The number of hydrogen-bond acceptors (Lipinski definition) is 2. The quantitative estimate of drug-likeness (QED) is 0.735. The number of benzene rings is 1. The van der Waals surface area contributed by atoms with Crippen LogP contribution < -0.4 is 16.2 Å². The van der Waals surface area contributed by atoms with E-state index in [4.69, 9.17) is 34.8 Å². The normalized spacial score (nSPS) is 11.3. The molecule has 0 saturated carbocycles. The van der Waals surface area contributed by atoms with Crippen LogP contribution in [0, 0.1) is 0 Å². The van der Waals surface area contributed by atoms with Crippen molar-refractivity contribution in [3.63, 3.8) is 0 Å². The van der Waals surface area contributed by atoms with Gasteiger partial charge in [0.1, 0.15) is 6.54 Å². The summed E-state index contributed by atoms with van der Waals surface area (Å²) in [6.07, 6.45) is -4.44. The highest BCUT2D eigenvalue weighted by Gasteiger charge is 2.26. The smallest absolute Gasteiger partial charge is 0.304 e. The van der Waals surface area contributed by atoms with Crippen LogP contribution in [0.15, 0.2) is 12.1 Å². The Balaban J connectivity index is 2.58. The largest absolute Gasteiger partial charge is 0.402 e. The van der Waals surface area contributed by atoms with Crippen LogP contribution in [0.1, 0.15) is 0 Å². The van der Waals surface area contributed by atoms with Crippen LogP contribution in [-0.4, -0.2) is 18.8 Å². The predicted octanol–water partition coefficient (Wildman–Crippen LogP) is 3.84. The molecular weight excluding hydrogens is 329 g/mol. The van der Waals surface area contributed by atoms with E-state index in [0.29, 0.717) is 0 Å². The van der Waals surface area contributed by atoms with Gasteiger partial charge in [-0.3, -0.25) is 5.43 Å². The highest BCUT2D eigenvalue weighted by atomic mass is 35.5. The summed E-state index contributed by atoms with van der Waals surface area (Å²) in [6.45, 7) is -1.37. The van der Waals surface area contributed by atoms with E-state index in [2.05, 4.69) is 5.32 Å². The Morgan fingerprint density at radius 2 is 1.68 bits per heavy atom. The van der Waals surface area contributed by atoms with Gasteiger partial charge < -0.3 is 5.32 Å². The Hall–Kier alpha value is -0.890. The number of rotatable bonds is 3. The van der Waals surface area contributed by atoms with Gasteiger partial charge in [-0.05, 0) is 12.1 Å². The van der Waals surface area contributed by atoms with Crippen molar-refractivity contribution in [2.75, 3.05) is 11.9 Å². The van der Waals surface area contributed by atoms with Crippen LogP contribution in [-0.2, 0) is 0 Å². The Kier molecular flexibility index (Phi) is 5.54. The number of alkyl halides is 3. The van der Waals surface area contributed by atoms with Crippen molar-refractivity contribution in [2.45, 2.75) is 6.18 Å². The molecule has 0 aliphatic carbocycles. The number of hydrogen-bond donors (Lipinski definition) is 3. The third-order valence-corrected chi connectivity index (χ3v) is 2.55. The second kappa shape index (κ2) is 6.51. The summed E-state index contributed by atoms with van der Waals surface area (Å²) >= 11 is 17.2. The van der Waals surface area contributed by atoms with Crippen molar-refractivity contribution in [2.24, 2.45) is 0 Å². The summed E-state index contributed by atoms with van der Waals surface area (Å²) in [7, 11) is 0. The Labute approximate surface area is 121 Å². The molecule has 0 fully saturated rings. The summed E-state index contributed by atoms with van der Waals surface area (Å²) in [5, 5.41) is 2.57. The first-order valence-corrected chi connectivity index (χ1v) is 5.83. The summed E-state index contributed by atoms with van der Waals surface area (Å²) in [5.74, 6) is 0. The van der Waals surface area contributed by atoms with Gasteiger partial charge in [0.05, 0.1) is 15.7 Å². The van der Waals surface area contributed by atoms with Crippen LogP contribution in [0.5, 0.6) is 0 Å². The van der Waals surface area contributed by atoms with Crippen molar-refractivity contribution in [1.82, 2.24) is 10.9 Å². The van der Waals surface area contributed by atoms with E-state index in [1.54, 1.807) is 10.9 Å². The third kappa shape index (κ3) is 5.73. The average molecular weight is 337 g/mol.